The number of piperidine rings is 1. The molecule has 1 saturated heterocycles. The molecule has 0 radical (unpaired) electrons. The Morgan fingerprint density at radius 1 is 1.32 bits per heavy atom. The maximum Gasteiger partial charge on any atom is 0.321 e. The third kappa shape index (κ3) is 3.53. The molecule has 138 valence electrons. The van der Waals surface area contributed by atoms with E-state index < -0.39 is 0 Å². The molecule has 1 aromatic carbocycles. The first-order valence-corrected chi connectivity index (χ1v) is 9.54. The van der Waals surface area contributed by atoms with Crippen molar-refractivity contribution >= 4 is 11.7 Å². The number of rotatable bonds is 5. The number of aliphatic hydroxyl groups excluding tert-OH is 1. The van der Waals surface area contributed by atoms with E-state index in [0.29, 0.717) is 19.7 Å². The van der Waals surface area contributed by atoms with E-state index in [1.165, 1.54) is 5.56 Å². The highest BCUT2D eigenvalue weighted by Gasteiger charge is 2.56. The van der Waals surface area contributed by atoms with Gasteiger partial charge < -0.3 is 20.1 Å². The molecule has 2 fully saturated rings. The maximum atomic E-state index is 12.7. The first-order chi connectivity index (χ1) is 12.1. The molecule has 2 amide bonds. The molecule has 1 saturated carbocycles. The molecule has 5 nitrogen and oxygen atoms in total. The van der Waals surface area contributed by atoms with Gasteiger partial charge in [0.05, 0.1) is 12.2 Å². The molecular weight excluding hydrogens is 316 g/mol. The van der Waals surface area contributed by atoms with Crippen molar-refractivity contribution in [2.24, 2.45) is 5.41 Å². The summed E-state index contributed by atoms with van der Waals surface area (Å²) in [6.45, 7) is 6.15. The van der Waals surface area contributed by atoms with Gasteiger partial charge in [-0.1, -0.05) is 31.5 Å². The summed E-state index contributed by atoms with van der Waals surface area (Å²) in [5.41, 5.74) is 1.94. The number of nitrogens with zero attached hydrogens (tertiary/aromatic N) is 1. The Morgan fingerprint density at radius 3 is 2.68 bits per heavy atom. The number of benzene rings is 1. The number of likely N-dealkylation sites (tertiary alicyclic amines) is 1. The highest BCUT2D eigenvalue weighted by atomic mass is 16.5. The van der Waals surface area contributed by atoms with Crippen LogP contribution >= 0.6 is 0 Å². The number of aliphatic hydroxyl groups is 1. The fourth-order valence-corrected chi connectivity index (χ4v) is 4.27. The lowest BCUT2D eigenvalue weighted by Gasteiger charge is -2.56. The summed E-state index contributed by atoms with van der Waals surface area (Å²) in [5, 5.41) is 13.3. The quantitative estimate of drug-likeness (QED) is 0.859. The molecule has 1 aliphatic carbocycles. The Labute approximate surface area is 150 Å². The lowest BCUT2D eigenvalue weighted by atomic mass is 9.58. The number of para-hydroxylation sites is 1. The van der Waals surface area contributed by atoms with Crippen LogP contribution in [0.3, 0.4) is 0 Å². The molecule has 1 spiro atoms. The second kappa shape index (κ2) is 7.75. The van der Waals surface area contributed by atoms with Gasteiger partial charge in [-0.3, -0.25) is 0 Å². The first kappa shape index (κ1) is 18.2. The number of hydrogen-bond donors (Lipinski definition) is 2. The topological polar surface area (TPSA) is 61.8 Å². The molecule has 0 aromatic heterocycles. The minimum atomic E-state index is -0.292. The summed E-state index contributed by atoms with van der Waals surface area (Å²) in [4.78, 5) is 14.5. The molecular formula is C20H30N2O3. The van der Waals surface area contributed by atoms with Crippen LogP contribution in [0.1, 0.15) is 45.1 Å². The number of urea groups is 1. The van der Waals surface area contributed by atoms with Crippen LogP contribution in [-0.4, -0.2) is 47.9 Å². The second-order valence-corrected chi connectivity index (χ2v) is 7.25. The molecule has 2 atom stereocenters. The molecule has 3 rings (SSSR count). The van der Waals surface area contributed by atoms with Gasteiger partial charge in [-0.25, -0.2) is 4.79 Å². The van der Waals surface area contributed by atoms with Gasteiger partial charge in [0.25, 0.3) is 0 Å². The Bertz CT molecular complexity index is 594. The van der Waals surface area contributed by atoms with E-state index in [0.717, 1.165) is 37.8 Å². The van der Waals surface area contributed by atoms with Crippen LogP contribution in [0, 0.1) is 5.41 Å². The van der Waals surface area contributed by atoms with Gasteiger partial charge in [-0.2, -0.15) is 0 Å². The molecule has 1 aliphatic heterocycles. The number of amides is 2. The second-order valence-electron chi connectivity index (χ2n) is 7.25. The van der Waals surface area contributed by atoms with Crippen LogP contribution in [0.5, 0.6) is 0 Å². The molecule has 1 aromatic rings. The van der Waals surface area contributed by atoms with Crippen molar-refractivity contribution in [2.75, 3.05) is 25.0 Å². The third-order valence-corrected chi connectivity index (χ3v) is 5.87. The number of ether oxygens (including phenoxy) is 1. The van der Waals surface area contributed by atoms with Crippen molar-refractivity contribution in [3.63, 3.8) is 0 Å². The van der Waals surface area contributed by atoms with Crippen LogP contribution < -0.4 is 5.32 Å². The van der Waals surface area contributed by atoms with Gasteiger partial charge in [-0.05, 0) is 37.8 Å². The Balaban J connectivity index is 1.59. The summed E-state index contributed by atoms with van der Waals surface area (Å²) >= 11 is 0. The van der Waals surface area contributed by atoms with Crippen molar-refractivity contribution < 1.29 is 14.6 Å². The van der Waals surface area contributed by atoms with Gasteiger partial charge in [0.2, 0.25) is 0 Å². The molecule has 2 aliphatic rings. The largest absolute Gasteiger partial charge is 0.392 e. The van der Waals surface area contributed by atoms with Crippen LogP contribution in [-0.2, 0) is 11.2 Å². The van der Waals surface area contributed by atoms with E-state index >= 15 is 0 Å². The molecule has 0 bridgehead atoms. The number of anilines is 1. The van der Waals surface area contributed by atoms with Gasteiger partial charge in [0.1, 0.15) is 0 Å². The molecule has 2 N–H and O–H groups in total. The molecule has 25 heavy (non-hydrogen) atoms. The third-order valence-electron chi connectivity index (χ3n) is 5.87. The zero-order valence-electron chi connectivity index (χ0n) is 15.3. The van der Waals surface area contributed by atoms with Crippen molar-refractivity contribution in [3.05, 3.63) is 29.8 Å². The van der Waals surface area contributed by atoms with Gasteiger partial charge in [0.15, 0.2) is 0 Å². The predicted octanol–water partition coefficient (Wildman–Crippen LogP) is 3.42. The summed E-state index contributed by atoms with van der Waals surface area (Å²) < 4.78 is 5.80. The summed E-state index contributed by atoms with van der Waals surface area (Å²) in [6.07, 6.45) is 4.20. The Hall–Kier alpha value is -1.59. The van der Waals surface area contributed by atoms with Crippen LogP contribution in [0.4, 0.5) is 10.5 Å². The number of nitrogens with one attached hydrogen (secondary N) is 1. The van der Waals surface area contributed by atoms with Crippen LogP contribution in [0.2, 0.25) is 0 Å². The summed E-state index contributed by atoms with van der Waals surface area (Å²) in [7, 11) is 0. The van der Waals surface area contributed by atoms with E-state index in [9.17, 15) is 9.90 Å². The maximum absolute atomic E-state index is 12.7. The fourth-order valence-electron chi connectivity index (χ4n) is 4.27. The van der Waals surface area contributed by atoms with E-state index in [1.807, 2.05) is 30.0 Å². The highest BCUT2D eigenvalue weighted by molar-refractivity contribution is 5.90. The van der Waals surface area contributed by atoms with Crippen LogP contribution in [0.25, 0.3) is 0 Å². The van der Waals surface area contributed by atoms with E-state index in [1.54, 1.807) is 0 Å². The molecule has 5 heteroatoms. The predicted molar refractivity (Wildman–Crippen MR) is 98.7 cm³/mol. The van der Waals surface area contributed by atoms with Crippen molar-refractivity contribution in [2.45, 2.75) is 58.2 Å². The number of aryl methyl sites for hydroxylation is 1. The zero-order chi connectivity index (χ0) is 17.9. The average molecular weight is 346 g/mol. The minimum absolute atomic E-state index is 0.0415. The standard InChI is InChI=1S/C20H30N2O3/c1-3-7-15-8-5-6-9-16(15)21-19(24)22-12-10-20(11-13-22)17(23)14-18(20)25-4-2/h5-6,8-9,17-18,23H,3-4,7,10-14H2,1-2H3,(H,21,24)/t17-,18-/m1/s1. The first-order valence-electron chi connectivity index (χ1n) is 9.54. The van der Waals surface area contributed by atoms with Crippen molar-refractivity contribution in [3.8, 4) is 0 Å². The molecule has 1 heterocycles. The van der Waals surface area contributed by atoms with Crippen molar-refractivity contribution in [1.82, 2.24) is 4.90 Å². The lowest BCUT2D eigenvalue weighted by Crippen LogP contribution is -2.63. The van der Waals surface area contributed by atoms with Gasteiger partial charge in [0, 0.05) is 37.2 Å². The number of carbonyl (C=O) groups excluding carboxylic acids is 1. The highest BCUT2D eigenvalue weighted by Crippen LogP contribution is 2.50. The normalized spacial score (nSPS) is 24.8. The van der Waals surface area contributed by atoms with Gasteiger partial charge >= 0.3 is 6.03 Å². The van der Waals surface area contributed by atoms with Crippen molar-refractivity contribution in [1.29, 1.82) is 0 Å². The number of carbonyl (C=O) groups is 1. The Kier molecular flexibility index (Phi) is 5.64. The zero-order valence-corrected chi connectivity index (χ0v) is 15.3. The summed E-state index contributed by atoms with van der Waals surface area (Å²) in [5.74, 6) is 0. The smallest absolute Gasteiger partial charge is 0.321 e. The minimum Gasteiger partial charge on any atom is -0.392 e. The van der Waals surface area contributed by atoms with E-state index in [2.05, 4.69) is 18.3 Å². The van der Waals surface area contributed by atoms with Crippen LogP contribution in [0.15, 0.2) is 24.3 Å². The summed E-state index contributed by atoms with van der Waals surface area (Å²) in [6, 6.07) is 7.96. The lowest BCUT2D eigenvalue weighted by molar-refractivity contribution is -0.207. The monoisotopic (exact) mass is 346 g/mol. The number of hydrogen-bond acceptors (Lipinski definition) is 3. The average Bonchev–Trinajstić information content (AvgIpc) is 2.63. The van der Waals surface area contributed by atoms with E-state index in [4.69, 9.17) is 4.74 Å². The molecule has 0 unspecified atom stereocenters. The van der Waals surface area contributed by atoms with E-state index in [-0.39, 0.29) is 23.7 Å². The van der Waals surface area contributed by atoms with Gasteiger partial charge in [-0.15, -0.1) is 0 Å². The fraction of sp³-hybridized carbons (Fsp3) is 0.650. The SMILES string of the molecule is CCCc1ccccc1NC(=O)N1CCC2(CC1)[C@H](O)C[C@H]2OCC. The Morgan fingerprint density at radius 2 is 2.04 bits per heavy atom.